The van der Waals surface area contributed by atoms with Crippen LogP contribution in [0.2, 0.25) is 0 Å². The highest BCUT2D eigenvalue weighted by Gasteiger charge is 2.24. The Labute approximate surface area is 133 Å². The van der Waals surface area contributed by atoms with Gasteiger partial charge >= 0.3 is 0 Å². The fourth-order valence-corrected chi connectivity index (χ4v) is 3.06. The van der Waals surface area contributed by atoms with E-state index in [4.69, 9.17) is 9.47 Å². The molecule has 122 valence electrons. The molecule has 1 aromatic carbocycles. The van der Waals surface area contributed by atoms with Crippen LogP contribution in [-0.4, -0.2) is 38.1 Å². The first-order chi connectivity index (χ1) is 10.5. The maximum absolute atomic E-state index is 12.0. The van der Waals surface area contributed by atoms with Crippen LogP contribution in [0.3, 0.4) is 0 Å². The number of carbonyl (C=O) groups excluding carboxylic acids is 1. The Morgan fingerprint density at radius 3 is 2.36 bits per heavy atom. The Kier molecular flexibility index (Phi) is 5.69. The summed E-state index contributed by atoms with van der Waals surface area (Å²) in [6.07, 6.45) is 3.18. The summed E-state index contributed by atoms with van der Waals surface area (Å²) in [5, 5.41) is 0. The van der Waals surface area contributed by atoms with Crippen molar-refractivity contribution >= 4 is 5.91 Å². The molecule has 0 aromatic heterocycles. The molecule has 1 saturated heterocycles. The predicted octanol–water partition coefficient (Wildman–Crippen LogP) is 3.14. The van der Waals surface area contributed by atoms with Gasteiger partial charge in [-0.2, -0.15) is 0 Å². The number of benzene rings is 1. The second kappa shape index (κ2) is 7.52. The minimum absolute atomic E-state index is 0.0994. The lowest BCUT2D eigenvalue weighted by Crippen LogP contribution is -2.40. The smallest absolute Gasteiger partial charge is 0.225 e. The van der Waals surface area contributed by atoms with Crippen LogP contribution >= 0.6 is 0 Å². The standard InChI is InChI=1S/C18H27NO3/c1-13(2)18(20)19-9-7-14(8-10-19)11-15-5-6-16(21-3)17(12-15)22-4/h5-6,12-14H,7-11H2,1-4H3. The van der Waals surface area contributed by atoms with Gasteiger partial charge in [-0.1, -0.05) is 19.9 Å². The molecular weight excluding hydrogens is 278 g/mol. The SMILES string of the molecule is COc1ccc(CC2CCN(C(=O)C(C)C)CC2)cc1OC. The van der Waals surface area contributed by atoms with Gasteiger partial charge in [0.15, 0.2) is 11.5 Å². The second-order valence-electron chi connectivity index (χ2n) is 6.32. The van der Waals surface area contributed by atoms with E-state index in [2.05, 4.69) is 12.1 Å². The van der Waals surface area contributed by atoms with Gasteiger partial charge in [-0.05, 0) is 42.9 Å². The van der Waals surface area contributed by atoms with Crippen LogP contribution in [0.25, 0.3) is 0 Å². The molecule has 1 heterocycles. The molecule has 0 bridgehead atoms. The van der Waals surface area contributed by atoms with Crippen LogP contribution in [-0.2, 0) is 11.2 Å². The molecule has 1 aromatic rings. The molecule has 0 unspecified atom stereocenters. The third-order valence-corrected chi connectivity index (χ3v) is 4.39. The number of methoxy groups -OCH3 is 2. The molecule has 0 radical (unpaired) electrons. The fourth-order valence-electron chi connectivity index (χ4n) is 3.06. The first-order valence-corrected chi connectivity index (χ1v) is 8.04. The summed E-state index contributed by atoms with van der Waals surface area (Å²) in [6, 6.07) is 6.13. The van der Waals surface area contributed by atoms with E-state index in [0.717, 1.165) is 43.9 Å². The van der Waals surface area contributed by atoms with Crippen LogP contribution in [0.4, 0.5) is 0 Å². The summed E-state index contributed by atoms with van der Waals surface area (Å²) < 4.78 is 10.6. The van der Waals surface area contributed by atoms with Gasteiger partial charge in [0.25, 0.3) is 0 Å². The molecule has 22 heavy (non-hydrogen) atoms. The highest BCUT2D eigenvalue weighted by atomic mass is 16.5. The molecule has 1 aliphatic heterocycles. The van der Waals surface area contributed by atoms with Crippen molar-refractivity contribution in [2.24, 2.45) is 11.8 Å². The van der Waals surface area contributed by atoms with Gasteiger partial charge in [0.05, 0.1) is 14.2 Å². The fraction of sp³-hybridized carbons (Fsp3) is 0.611. The first-order valence-electron chi connectivity index (χ1n) is 8.04. The van der Waals surface area contributed by atoms with E-state index < -0.39 is 0 Å². The lowest BCUT2D eigenvalue weighted by atomic mass is 9.89. The number of likely N-dealkylation sites (tertiary alicyclic amines) is 1. The van der Waals surface area contributed by atoms with Gasteiger partial charge in [-0.15, -0.1) is 0 Å². The number of ether oxygens (including phenoxy) is 2. The van der Waals surface area contributed by atoms with Gasteiger partial charge in [0.1, 0.15) is 0 Å². The van der Waals surface area contributed by atoms with Crippen molar-refractivity contribution in [2.75, 3.05) is 27.3 Å². The van der Waals surface area contributed by atoms with Crippen LogP contribution < -0.4 is 9.47 Å². The number of hydrogen-bond donors (Lipinski definition) is 0. The average Bonchev–Trinajstić information content (AvgIpc) is 2.54. The van der Waals surface area contributed by atoms with Crippen molar-refractivity contribution in [3.8, 4) is 11.5 Å². The number of hydrogen-bond acceptors (Lipinski definition) is 3. The van der Waals surface area contributed by atoms with Gasteiger partial charge < -0.3 is 14.4 Å². The molecule has 0 atom stereocenters. The minimum Gasteiger partial charge on any atom is -0.493 e. The monoisotopic (exact) mass is 305 g/mol. The van der Waals surface area contributed by atoms with Crippen molar-refractivity contribution < 1.29 is 14.3 Å². The number of carbonyl (C=O) groups is 1. The zero-order valence-electron chi connectivity index (χ0n) is 14.1. The van der Waals surface area contributed by atoms with Crippen LogP contribution in [0.15, 0.2) is 18.2 Å². The van der Waals surface area contributed by atoms with E-state index in [1.54, 1.807) is 14.2 Å². The highest BCUT2D eigenvalue weighted by Crippen LogP contribution is 2.30. The largest absolute Gasteiger partial charge is 0.493 e. The topological polar surface area (TPSA) is 38.8 Å². The predicted molar refractivity (Wildman–Crippen MR) is 87.4 cm³/mol. The Balaban J connectivity index is 1.92. The van der Waals surface area contributed by atoms with Crippen molar-refractivity contribution in [3.63, 3.8) is 0 Å². The van der Waals surface area contributed by atoms with Crippen molar-refractivity contribution in [1.82, 2.24) is 4.90 Å². The molecule has 0 spiro atoms. The summed E-state index contributed by atoms with van der Waals surface area (Å²) in [7, 11) is 3.32. The van der Waals surface area contributed by atoms with Crippen molar-refractivity contribution in [1.29, 1.82) is 0 Å². The van der Waals surface area contributed by atoms with E-state index in [1.165, 1.54) is 5.56 Å². The Morgan fingerprint density at radius 1 is 1.18 bits per heavy atom. The van der Waals surface area contributed by atoms with Crippen molar-refractivity contribution in [3.05, 3.63) is 23.8 Å². The Bertz CT molecular complexity index is 505. The molecule has 2 rings (SSSR count). The Morgan fingerprint density at radius 2 is 1.82 bits per heavy atom. The summed E-state index contributed by atoms with van der Waals surface area (Å²) in [6.45, 7) is 5.71. The highest BCUT2D eigenvalue weighted by molar-refractivity contribution is 5.78. The molecule has 0 saturated carbocycles. The van der Waals surface area contributed by atoms with E-state index in [0.29, 0.717) is 5.92 Å². The lowest BCUT2D eigenvalue weighted by molar-refractivity contribution is -0.135. The number of nitrogens with zero attached hydrogens (tertiary/aromatic N) is 1. The maximum atomic E-state index is 12.0. The molecule has 0 N–H and O–H groups in total. The van der Waals surface area contributed by atoms with E-state index in [-0.39, 0.29) is 11.8 Å². The third kappa shape index (κ3) is 3.93. The van der Waals surface area contributed by atoms with Crippen LogP contribution in [0.1, 0.15) is 32.3 Å². The molecule has 4 nitrogen and oxygen atoms in total. The molecule has 1 aliphatic rings. The van der Waals surface area contributed by atoms with Gasteiger partial charge in [0.2, 0.25) is 5.91 Å². The van der Waals surface area contributed by atoms with Crippen LogP contribution in [0, 0.1) is 11.8 Å². The normalized spacial score (nSPS) is 16.0. The van der Waals surface area contributed by atoms with Crippen molar-refractivity contribution in [2.45, 2.75) is 33.1 Å². The summed E-state index contributed by atoms with van der Waals surface area (Å²) >= 11 is 0. The molecule has 1 fully saturated rings. The zero-order chi connectivity index (χ0) is 16.1. The molecule has 1 amide bonds. The average molecular weight is 305 g/mol. The third-order valence-electron chi connectivity index (χ3n) is 4.39. The summed E-state index contributed by atoms with van der Waals surface area (Å²) in [5.41, 5.74) is 1.27. The van der Waals surface area contributed by atoms with E-state index in [9.17, 15) is 4.79 Å². The minimum atomic E-state index is 0.0994. The van der Waals surface area contributed by atoms with Crippen LogP contribution in [0.5, 0.6) is 11.5 Å². The number of rotatable bonds is 5. The summed E-state index contributed by atoms with van der Waals surface area (Å²) in [5.74, 6) is 2.57. The first kappa shape index (κ1) is 16.7. The van der Waals surface area contributed by atoms with E-state index in [1.807, 2.05) is 24.8 Å². The summed E-state index contributed by atoms with van der Waals surface area (Å²) in [4.78, 5) is 14.0. The van der Waals surface area contributed by atoms with Gasteiger partial charge in [-0.25, -0.2) is 0 Å². The molecule has 4 heteroatoms. The molecule has 0 aliphatic carbocycles. The maximum Gasteiger partial charge on any atom is 0.225 e. The van der Waals surface area contributed by atoms with Gasteiger partial charge in [0, 0.05) is 19.0 Å². The number of amides is 1. The Hall–Kier alpha value is -1.71. The molecular formula is C18H27NO3. The second-order valence-corrected chi connectivity index (χ2v) is 6.32. The van der Waals surface area contributed by atoms with E-state index >= 15 is 0 Å². The zero-order valence-corrected chi connectivity index (χ0v) is 14.1. The lowest BCUT2D eigenvalue weighted by Gasteiger charge is -2.33. The number of piperidine rings is 1. The van der Waals surface area contributed by atoms with Gasteiger partial charge in [-0.3, -0.25) is 4.79 Å². The quantitative estimate of drug-likeness (QED) is 0.839.